The summed E-state index contributed by atoms with van der Waals surface area (Å²) in [6.45, 7) is 7.97. The second kappa shape index (κ2) is 10.4. The lowest BCUT2D eigenvalue weighted by molar-refractivity contribution is 0.0474. The summed E-state index contributed by atoms with van der Waals surface area (Å²) in [4.78, 5) is 33.7. The SMILES string of the molecule is Cc1ccc(C(=O)Cc2cc(F)cc(CN3CCN(C(=O)c4cccc(F)c4)[C@@H](C)C3)c2C)cn1. The topological polar surface area (TPSA) is 53.5 Å². The highest BCUT2D eigenvalue weighted by Crippen LogP contribution is 2.22. The molecule has 2 aromatic carbocycles. The van der Waals surface area contributed by atoms with Crippen molar-refractivity contribution in [1.82, 2.24) is 14.8 Å². The third-order valence-electron chi connectivity index (χ3n) is 6.61. The van der Waals surface area contributed by atoms with E-state index in [4.69, 9.17) is 0 Å². The fraction of sp³-hybridized carbons (Fsp3) is 0.321. The maximum absolute atomic E-state index is 14.5. The number of rotatable bonds is 6. The van der Waals surface area contributed by atoms with Crippen LogP contribution in [-0.2, 0) is 13.0 Å². The van der Waals surface area contributed by atoms with Gasteiger partial charge in [-0.1, -0.05) is 6.07 Å². The molecule has 1 amide bonds. The minimum Gasteiger partial charge on any atom is -0.333 e. The summed E-state index contributed by atoms with van der Waals surface area (Å²) < 4.78 is 28.1. The summed E-state index contributed by atoms with van der Waals surface area (Å²) in [6, 6.07) is 12.1. The summed E-state index contributed by atoms with van der Waals surface area (Å²) in [5, 5.41) is 0. The van der Waals surface area contributed by atoms with Crippen LogP contribution in [0.25, 0.3) is 0 Å². The van der Waals surface area contributed by atoms with E-state index in [1.807, 2.05) is 20.8 Å². The lowest BCUT2D eigenvalue weighted by Crippen LogP contribution is -2.53. The van der Waals surface area contributed by atoms with E-state index in [1.54, 1.807) is 29.3 Å². The average molecular weight is 478 g/mol. The van der Waals surface area contributed by atoms with Crippen molar-refractivity contribution in [3.8, 4) is 0 Å². The molecule has 7 heteroatoms. The number of aryl methyl sites for hydroxylation is 1. The van der Waals surface area contributed by atoms with E-state index in [9.17, 15) is 18.4 Å². The fourth-order valence-electron chi connectivity index (χ4n) is 4.56. The molecule has 0 saturated carbocycles. The van der Waals surface area contributed by atoms with Gasteiger partial charge in [-0.3, -0.25) is 19.5 Å². The van der Waals surface area contributed by atoms with Gasteiger partial charge >= 0.3 is 0 Å². The molecule has 0 N–H and O–H groups in total. The van der Waals surface area contributed by atoms with Crippen molar-refractivity contribution < 1.29 is 18.4 Å². The molecule has 0 bridgehead atoms. The molecule has 2 heterocycles. The number of ketones is 1. The molecular formula is C28H29F2N3O2. The van der Waals surface area contributed by atoms with Gasteiger partial charge in [0.25, 0.3) is 5.91 Å². The number of pyridine rings is 1. The maximum Gasteiger partial charge on any atom is 0.254 e. The van der Waals surface area contributed by atoms with E-state index in [2.05, 4.69) is 9.88 Å². The predicted molar refractivity (Wildman–Crippen MR) is 130 cm³/mol. The van der Waals surface area contributed by atoms with Gasteiger partial charge in [-0.25, -0.2) is 8.78 Å². The monoisotopic (exact) mass is 477 g/mol. The Morgan fingerprint density at radius 2 is 1.74 bits per heavy atom. The van der Waals surface area contributed by atoms with Crippen LogP contribution < -0.4 is 0 Å². The maximum atomic E-state index is 14.5. The van der Waals surface area contributed by atoms with Crippen LogP contribution in [0.5, 0.6) is 0 Å². The number of benzene rings is 2. The van der Waals surface area contributed by atoms with E-state index in [0.29, 0.717) is 42.9 Å². The van der Waals surface area contributed by atoms with Crippen LogP contribution in [0.2, 0.25) is 0 Å². The summed E-state index contributed by atoms with van der Waals surface area (Å²) >= 11 is 0. The predicted octanol–water partition coefficient (Wildman–Crippen LogP) is 4.75. The van der Waals surface area contributed by atoms with E-state index >= 15 is 0 Å². The number of hydrogen-bond acceptors (Lipinski definition) is 4. The molecule has 1 atom stereocenters. The molecule has 1 aromatic heterocycles. The number of aromatic nitrogens is 1. The quantitative estimate of drug-likeness (QED) is 0.481. The van der Waals surface area contributed by atoms with Crippen molar-refractivity contribution >= 4 is 11.7 Å². The van der Waals surface area contributed by atoms with Crippen LogP contribution in [0.4, 0.5) is 8.78 Å². The average Bonchev–Trinajstić information content (AvgIpc) is 2.82. The minimum absolute atomic E-state index is 0.0801. The Balaban J connectivity index is 1.44. The van der Waals surface area contributed by atoms with Crippen molar-refractivity contribution in [3.05, 3.63) is 99.9 Å². The summed E-state index contributed by atoms with van der Waals surface area (Å²) in [5.41, 5.74) is 4.06. The van der Waals surface area contributed by atoms with E-state index in [0.717, 1.165) is 16.8 Å². The molecule has 1 fully saturated rings. The van der Waals surface area contributed by atoms with Gasteiger partial charge in [-0.2, -0.15) is 0 Å². The number of hydrogen-bond donors (Lipinski definition) is 0. The second-order valence-corrected chi connectivity index (χ2v) is 9.23. The lowest BCUT2D eigenvalue weighted by Gasteiger charge is -2.40. The molecular weight excluding hydrogens is 448 g/mol. The Labute approximate surface area is 204 Å². The van der Waals surface area contributed by atoms with Crippen molar-refractivity contribution in [2.45, 2.75) is 39.8 Å². The smallest absolute Gasteiger partial charge is 0.254 e. The molecule has 0 unspecified atom stereocenters. The summed E-state index contributed by atoms with van der Waals surface area (Å²) in [5.74, 6) is -1.10. The number of carbonyl (C=O) groups is 2. The molecule has 1 aliphatic rings. The first-order chi connectivity index (χ1) is 16.7. The number of carbonyl (C=O) groups excluding carboxylic acids is 2. The highest BCUT2D eigenvalue weighted by Gasteiger charge is 2.28. The molecule has 0 radical (unpaired) electrons. The third-order valence-corrected chi connectivity index (χ3v) is 6.61. The molecule has 4 rings (SSSR count). The van der Waals surface area contributed by atoms with E-state index in [1.165, 1.54) is 30.3 Å². The molecule has 5 nitrogen and oxygen atoms in total. The summed E-state index contributed by atoms with van der Waals surface area (Å²) in [6.07, 6.45) is 1.66. The molecule has 1 saturated heterocycles. The van der Waals surface area contributed by atoms with Gasteiger partial charge in [0.15, 0.2) is 5.78 Å². The number of halogens is 2. The molecule has 182 valence electrons. The Kier molecular flexibility index (Phi) is 7.36. The van der Waals surface area contributed by atoms with E-state index < -0.39 is 5.82 Å². The number of Topliss-reactive ketones (excluding diaryl/α,β-unsaturated/α-hetero) is 1. The van der Waals surface area contributed by atoms with Crippen LogP contribution in [0.15, 0.2) is 54.7 Å². The van der Waals surface area contributed by atoms with Gasteiger partial charge in [0.05, 0.1) is 0 Å². The highest BCUT2D eigenvalue weighted by molar-refractivity contribution is 5.97. The van der Waals surface area contributed by atoms with E-state index in [-0.39, 0.29) is 30.0 Å². The highest BCUT2D eigenvalue weighted by atomic mass is 19.1. The molecule has 35 heavy (non-hydrogen) atoms. The number of amides is 1. The zero-order valence-corrected chi connectivity index (χ0v) is 20.2. The van der Waals surface area contributed by atoms with Crippen LogP contribution in [0.3, 0.4) is 0 Å². The standard InChI is InChI=1S/C28H29F2N3O2/c1-18-7-8-22(15-31-18)27(34)14-23-12-26(30)13-24(20(23)3)17-32-9-10-33(19(2)16-32)28(35)21-5-4-6-25(29)11-21/h4-8,11-13,15,19H,9-10,14,16-17H2,1-3H3/t19-/m0/s1. The van der Waals surface area contributed by atoms with Gasteiger partial charge in [0, 0.05) is 61.7 Å². The minimum atomic E-state index is -0.434. The van der Waals surface area contributed by atoms with Gasteiger partial charge in [0.1, 0.15) is 11.6 Å². The van der Waals surface area contributed by atoms with Gasteiger partial charge in [-0.05, 0) is 79.9 Å². The Hall–Kier alpha value is -3.45. The fourth-order valence-corrected chi connectivity index (χ4v) is 4.56. The largest absolute Gasteiger partial charge is 0.333 e. The zero-order chi connectivity index (χ0) is 25.1. The lowest BCUT2D eigenvalue weighted by atomic mass is 9.95. The van der Waals surface area contributed by atoms with Crippen LogP contribution >= 0.6 is 0 Å². The zero-order valence-electron chi connectivity index (χ0n) is 20.2. The molecule has 1 aliphatic heterocycles. The van der Waals surface area contributed by atoms with Crippen LogP contribution in [0, 0.1) is 25.5 Å². The Morgan fingerprint density at radius 1 is 0.971 bits per heavy atom. The van der Waals surface area contributed by atoms with Gasteiger partial charge in [0.2, 0.25) is 0 Å². The van der Waals surface area contributed by atoms with Crippen molar-refractivity contribution in [2.24, 2.45) is 0 Å². The first-order valence-corrected chi connectivity index (χ1v) is 11.7. The molecule has 3 aromatic rings. The van der Waals surface area contributed by atoms with Crippen molar-refractivity contribution in [3.63, 3.8) is 0 Å². The molecule has 0 spiro atoms. The number of piperazine rings is 1. The molecule has 0 aliphatic carbocycles. The third kappa shape index (κ3) is 5.80. The summed E-state index contributed by atoms with van der Waals surface area (Å²) in [7, 11) is 0. The Bertz CT molecular complexity index is 1240. The van der Waals surface area contributed by atoms with Crippen LogP contribution in [0.1, 0.15) is 50.0 Å². The second-order valence-electron chi connectivity index (χ2n) is 9.23. The first-order valence-electron chi connectivity index (χ1n) is 11.7. The van der Waals surface area contributed by atoms with Gasteiger partial charge < -0.3 is 4.90 Å². The van der Waals surface area contributed by atoms with Gasteiger partial charge in [-0.15, -0.1) is 0 Å². The number of nitrogens with zero attached hydrogens (tertiary/aromatic N) is 3. The normalized spacial score (nSPS) is 16.4. The first kappa shape index (κ1) is 24.7. The van der Waals surface area contributed by atoms with Crippen molar-refractivity contribution in [2.75, 3.05) is 19.6 Å². The van der Waals surface area contributed by atoms with Crippen LogP contribution in [-0.4, -0.2) is 52.2 Å². The van der Waals surface area contributed by atoms with Crippen molar-refractivity contribution in [1.29, 1.82) is 0 Å². The Morgan fingerprint density at radius 3 is 2.43 bits per heavy atom.